The molecule has 5 nitrogen and oxygen atoms in total. The third-order valence-corrected chi connectivity index (χ3v) is 4.30. The maximum Gasteiger partial charge on any atom is 0.501 e. The standard InChI is InChI=1S/C16H18O5S/c1-2-3-4-7-10-19-16-14-11-12-8-5-6-9-13(12)15(16)21-22(17,18)20-14/h5-6,8-9,11H,2-4,7,10H2,1H3. The maximum atomic E-state index is 11.7. The molecule has 6 heteroatoms. The molecule has 0 saturated carbocycles. The zero-order valence-electron chi connectivity index (χ0n) is 12.4. The second-order valence-electron chi connectivity index (χ2n) is 5.24. The van der Waals surface area contributed by atoms with Crippen molar-refractivity contribution in [2.24, 2.45) is 0 Å². The van der Waals surface area contributed by atoms with E-state index in [1.165, 1.54) is 0 Å². The van der Waals surface area contributed by atoms with Gasteiger partial charge in [0, 0.05) is 5.39 Å². The molecule has 1 heterocycles. The molecule has 2 aromatic carbocycles. The van der Waals surface area contributed by atoms with Crippen LogP contribution >= 0.6 is 0 Å². The summed E-state index contributed by atoms with van der Waals surface area (Å²) in [5.41, 5.74) is 0. The van der Waals surface area contributed by atoms with E-state index >= 15 is 0 Å². The number of hydrogen-bond acceptors (Lipinski definition) is 5. The van der Waals surface area contributed by atoms with Crippen LogP contribution in [0.15, 0.2) is 30.3 Å². The number of ether oxygens (including phenoxy) is 1. The van der Waals surface area contributed by atoms with Crippen LogP contribution in [0.25, 0.3) is 10.8 Å². The molecule has 0 spiro atoms. The van der Waals surface area contributed by atoms with Gasteiger partial charge in [-0.2, -0.15) is 0 Å². The third-order valence-electron chi connectivity index (χ3n) is 3.54. The van der Waals surface area contributed by atoms with Crippen LogP contribution in [0.2, 0.25) is 0 Å². The molecule has 0 aromatic heterocycles. The zero-order chi connectivity index (χ0) is 15.6. The molecule has 0 N–H and O–H groups in total. The first-order valence-electron chi connectivity index (χ1n) is 7.43. The lowest BCUT2D eigenvalue weighted by Gasteiger charge is -2.22. The number of benzene rings is 2. The normalized spacial score (nSPS) is 15.1. The number of unbranched alkanes of at least 4 members (excludes halogenated alkanes) is 3. The van der Waals surface area contributed by atoms with Crippen LogP contribution in [0.4, 0.5) is 0 Å². The van der Waals surface area contributed by atoms with Crippen LogP contribution in [0, 0.1) is 0 Å². The minimum Gasteiger partial charge on any atom is -0.486 e. The molecular weight excluding hydrogens is 304 g/mol. The van der Waals surface area contributed by atoms with E-state index in [0.717, 1.165) is 31.1 Å². The summed E-state index contributed by atoms with van der Waals surface area (Å²) in [4.78, 5) is 0. The lowest BCUT2D eigenvalue weighted by atomic mass is 10.1. The molecular formula is C16H18O5S. The van der Waals surface area contributed by atoms with Crippen molar-refractivity contribution in [2.45, 2.75) is 32.6 Å². The summed E-state index contributed by atoms with van der Waals surface area (Å²) in [6.45, 7) is 2.65. The van der Waals surface area contributed by atoms with E-state index in [9.17, 15) is 8.42 Å². The van der Waals surface area contributed by atoms with Crippen LogP contribution in [0.1, 0.15) is 32.6 Å². The highest BCUT2D eigenvalue weighted by Crippen LogP contribution is 2.47. The first-order valence-corrected chi connectivity index (χ1v) is 8.76. The molecule has 1 aliphatic rings. The summed E-state index contributed by atoms with van der Waals surface area (Å²) < 4.78 is 39.0. The van der Waals surface area contributed by atoms with Gasteiger partial charge in [0.1, 0.15) is 0 Å². The Morgan fingerprint density at radius 3 is 2.73 bits per heavy atom. The van der Waals surface area contributed by atoms with E-state index in [0.29, 0.717) is 17.7 Å². The van der Waals surface area contributed by atoms with Gasteiger partial charge in [-0.15, -0.1) is 8.42 Å². The molecule has 118 valence electrons. The van der Waals surface area contributed by atoms with Crippen molar-refractivity contribution in [3.63, 3.8) is 0 Å². The van der Waals surface area contributed by atoms with Crippen LogP contribution in [-0.2, 0) is 10.4 Å². The summed E-state index contributed by atoms with van der Waals surface area (Å²) in [7, 11) is -4.06. The Kier molecular flexibility index (Phi) is 4.11. The molecule has 0 amide bonds. The van der Waals surface area contributed by atoms with Gasteiger partial charge in [0.25, 0.3) is 0 Å². The van der Waals surface area contributed by atoms with Crippen LogP contribution in [0.5, 0.6) is 17.2 Å². The van der Waals surface area contributed by atoms with E-state index in [-0.39, 0.29) is 11.5 Å². The maximum absolute atomic E-state index is 11.7. The van der Waals surface area contributed by atoms with Crippen molar-refractivity contribution in [3.8, 4) is 17.2 Å². The summed E-state index contributed by atoms with van der Waals surface area (Å²) >= 11 is 0. The Morgan fingerprint density at radius 1 is 1.09 bits per heavy atom. The van der Waals surface area contributed by atoms with Crippen LogP contribution in [-0.4, -0.2) is 15.0 Å². The van der Waals surface area contributed by atoms with Gasteiger partial charge in [0.05, 0.1) is 6.61 Å². The van der Waals surface area contributed by atoms with E-state index in [1.54, 1.807) is 12.1 Å². The lowest BCUT2D eigenvalue weighted by Crippen LogP contribution is -2.22. The summed E-state index contributed by atoms with van der Waals surface area (Å²) in [6, 6.07) is 9.05. The van der Waals surface area contributed by atoms with Gasteiger partial charge in [-0.05, 0) is 17.9 Å². The monoisotopic (exact) mass is 322 g/mol. The Bertz CT molecular complexity index is 782. The first-order chi connectivity index (χ1) is 10.6. The molecule has 0 unspecified atom stereocenters. The molecule has 0 aliphatic carbocycles. The molecule has 0 fully saturated rings. The van der Waals surface area contributed by atoms with E-state index in [2.05, 4.69) is 6.92 Å². The fourth-order valence-corrected chi connectivity index (χ4v) is 3.23. The Hall–Kier alpha value is -1.95. The van der Waals surface area contributed by atoms with Crippen LogP contribution < -0.4 is 13.1 Å². The quantitative estimate of drug-likeness (QED) is 0.757. The van der Waals surface area contributed by atoms with Crippen LogP contribution in [0.3, 0.4) is 0 Å². The fraction of sp³-hybridized carbons (Fsp3) is 0.375. The second kappa shape index (κ2) is 6.04. The first kappa shape index (κ1) is 15.0. The SMILES string of the molecule is CCCCCCOc1c2cc3ccccc3c1OS(=O)(=O)O2. The summed E-state index contributed by atoms with van der Waals surface area (Å²) in [5, 5.41) is 1.54. The fourth-order valence-electron chi connectivity index (χ4n) is 2.48. The second-order valence-corrected chi connectivity index (χ2v) is 6.39. The number of fused-ring (bicyclic) bond motifs is 4. The Balaban J connectivity index is 1.92. The number of hydrogen-bond donors (Lipinski definition) is 0. The average molecular weight is 322 g/mol. The van der Waals surface area contributed by atoms with Crippen molar-refractivity contribution in [1.82, 2.24) is 0 Å². The molecule has 2 bridgehead atoms. The lowest BCUT2D eigenvalue weighted by molar-refractivity contribution is 0.271. The molecule has 22 heavy (non-hydrogen) atoms. The van der Waals surface area contributed by atoms with Crippen molar-refractivity contribution in [2.75, 3.05) is 6.61 Å². The largest absolute Gasteiger partial charge is 0.501 e. The molecule has 0 radical (unpaired) electrons. The van der Waals surface area contributed by atoms with Gasteiger partial charge in [-0.1, -0.05) is 50.5 Å². The van der Waals surface area contributed by atoms with E-state index in [1.807, 2.05) is 18.2 Å². The van der Waals surface area contributed by atoms with Gasteiger partial charge in [-0.3, -0.25) is 0 Å². The van der Waals surface area contributed by atoms with Gasteiger partial charge < -0.3 is 13.1 Å². The highest BCUT2D eigenvalue weighted by Gasteiger charge is 2.31. The highest BCUT2D eigenvalue weighted by atomic mass is 32.3. The third kappa shape index (κ3) is 2.97. The van der Waals surface area contributed by atoms with Crippen molar-refractivity contribution in [1.29, 1.82) is 0 Å². The molecule has 3 rings (SSSR count). The van der Waals surface area contributed by atoms with E-state index < -0.39 is 10.4 Å². The summed E-state index contributed by atoms with van der Waals surface area (Å²) in [6.07, 6.45) is 4.29. The van der Waals surface area contributed by atoms with Gasteiger partial charge in [-0.25, -0.2) is 0 Å². The average Bonchev–Trinajstić information content (AvgIpc) is 2.47. The van der Waals surface area contributed by atoms with Crippen molar-refractivity contribution >= 4 is 21.2 Å². The molecule has 1 aliphatic heterocycles. The topological polar surface area (TPSA) is 61.8 Å². The molecule has 0 atom stereocenters. The molecule has 2 aromatic rings. The minimum absolute atomic E-state index is 0.190. The Labute approximate surface area is 130 Å². The van der Waals surface area contributed by atoms with Crippen molar-refractivity contribution in [3.05, 3.63) is 30.3 Å². The smallest absolute Gasteiger partial charge is 0.486 e. The van der Waals surface area contributed by atoms with E-state index in [4.69, 9.17) is 13.1 Å². The predicted octanol–water partition coefficient (Wildman–Crippen LogP) is 3.81. The highest BCUT2D eigenvalue weighted by molar-refractivity contribution is 7.82. The van der Waals surface area contributed by atoms with Crippen molar-refractivity contribution < 1.29 is 21.5 Å². The van der Waals surface area contributed by atoms with Gasteiger partial charge in [0.2, 0.25) is 5.75 Å². The Morgan fingerprint density at radius 2 is 1.91 bits per heavy atom. The predicted molar refractivity (Wildman–Crippen MR) is 83.8 cm³/mol. The van der Waals surface area contributed by atoms with Gasteiger partial charge >= 0.3 is 10.4 Å². The minimum atomic E-state index is -4.06. The molecule has 0 saturated heterocycles. The zero-order valence-corrected chi connectivity index (χ0v) is 13.2. The van der Waals surface area contributed by atoms with Gasteiger partial charge in [0.15, 0.2) is 11.5 Å². The summed E-state index contributed by atoms with van der Waals surface area (Å²) in [5.74, 6) is 0.773. The number of rotatable bonds is 6.